The summed E-state index contributed by atoms with van der Waals surface area (Å²) in [7, 11) is 0. The van der Waals surface area contributed by atoms with Crippen LogP contribution < -0.4 is 11.1 Å². The number of carbonyl (C=O) groups is 2. The molecule has 0 spiro atoms. The van der Waals surface area contributed by atoms with Crippen LogP contribution in [0.4, 0.5) is 18.9 Å². The minimum Gasteiger partial charge on any atom is -0.369 e. The van der Waals surface area contributed by atoms with E-state index in [9.17, 15) is 22.8 Å². The molecule has 3 N–H and O–H groups in total. The lowest BCUT2D eigenvalue weighted by molar-refractivity contribution is -0.143. The van der Waals surface area contributed by atoms with Gasteiger partial charge in [0.2, 0.25) is 5.91 Å². The lowest BCUT2D eigenvalue weighted by atomic mass is 10.1. The Kier molecular flexibility index (Phi) is 5.40. The smallest absolute Gasteiger partial charge is 0.369 e. The van der Waals surface area contributed by atoms with E-state index < -0.39 is 29.2 Å². The highest BCUT2D eigenvalue weighted by Crippen LogP contribution is 2.34. The zero-order chi connectivity index (χ0) is 21.2. The van der Waals surface area contributed by atoms with Gasteiger partial charge in [0.15, 0.2) is 5.69 Å². The fourth-order valence-corrected chi connectivity index (χ4v) is 2.88. The van der Waals surface area contributed by atoms with Crippen LogP contribution in [0, 0.1) is 6.92 Å². The quantitative estimate of drug-likeness (QED) is 0.685. The van der Waals surface area contributed by atoms with E-state index in [1.807, 2.05) is 0 Å². The molecule has 150 valence electrons. The van der Waals surface area contributed by atoms with Gasteiger partial charge in [-0.25, -0.2) is 4.68 Å². The van der Waals surface area contributed by atoms with Crippen LogP contribution in [0.15, 0.2) is 54.7 Å². The maximum Gasteiger partial charge on any atom is 0.434 e. The maximum atomic E-state index is 13.7. The van der Waals surface area contributed by atoms with Crippen molar-refractivity contribution in [3.8, 4) is 5.69 Å². The number of nitrogens with one attached hydrogen (secondary N) is 1. The van der Waals surface area contributed by atoms with Gasteiger partial charge in [-0.2, -0.15) is 18.3 Å². The average molecular weight is 402 g/mol. The molecule has 29 heavy (non-hydrogen) atoms. The predicted octanol–water partition coefficient (Wildman–Crippen LogP) is 3.48. The molecule has 0 aliphatic rings. The Morgan fingerprint density at radius 3 is 2.34 bits per heavy atom. The first-order valence-corrected chi connectivity index (χ1v) is 8.56. The number of nitrogens with zero attached hydrogens (tertiary/aromatic N) is 2. The third kappa shape index (κ3) is 4.45. The molecule has 1 aromatic heterocycles. The molecule has 6 nitrogen and oxygen atoms in total. The van der Waals surface area contributed by atoms with E-state index in [4.69, 9.17) is 5.73 Å². The van der Waals surface area contributed by atoms with Crippen molar-refractivity contribution < 1.29 is 22.8 Å². The number of anilines is 1. The molecule has 3 rings (SSSR count). The minimum atomic E-state index is -4.79. The number of aryl methyl sites for hydroxylation is 1. The second-order valence-corrected chi connectivity index (χ2v) is 6.40. The Hall–Kier alpha value is -3.62. The molecule has 0 bridgehead atoms. The highest BCUT2D eigenvalue weighted by Gasteiger charge is 2.40. The van der Waals surface area contributed by atoms with Gasteiger partial charge in [0.05, 0.1) is 23.9 Å². The molecule has 0 unspecified atom stereocenters. The molecular formula is C20H17F3N4O2. The third-order valence-electron chi connectivity index (χ3n) is 4.22. The summed E-state index contributed by atoms with van der Waals surface area (Å²) in [5, 5.41) is 6.23. The number of alkyl halides is 3. The lowest BCUT2D eigenvalue weighted by Crippen LogP contribution is -2.21. The number of amides is 2. The summed E-state index contributed by atoms with van der Waals surface area (Å²) in [6.07, 6.45) is -3.88. The van der Waals surface area contributed by atoms with Crippen LogP contribution in [0.5, 0.6) is 0 Å². The summed E-state index contributed by atoms with van der Waals surface area (Å²) in [5.74, 6) is -1.46. The lowest BCUT2D eigenvalue weighted by Gasteiger charge is -2.14. The van der Waals surface area contributed by atoms with E-state index in [1.54, 1.807) is 37.3 Å². The number of aromatic nitrogens is 2. The highest BCUT2D eigenvalue weighted by atomic mass is 19.4. The summed E-state index contributed by atoms with van der Waals surface area (Å²) in [6, 6.07) is 12.5. The van der Waals surface area contributed by atoms with Crippen LogP contribution in [0.2, 0.25) is 0 Å². The van der Waals surface area contributed by atoms with E-state index in [0.29, 0.717) is 11.1 Å². The maximum absolute atomic E-state index is 13.7. The van der Waals surface area contributed by atoms with E-state index in [1.165, 1.54) is 18.2 Å². The van der Waals surface area contributed by atoms with Crippen molar-refractivity contribution in [3.05, 3.63) is 77.1 Å². The summed E-state index contributed by atoms with van der Waals surface area (Å²) < 4.78 is 42.0. The number of rotatable bonds is 5. The Morgan fingerprint density at radius 1 is 1.10 bits per heavy atom. The van der Waals surface area contributed by atoms with Gasteiger partial charge in [-0.15, -0.1) is 0 Å². The van der Waals surface area contributed by atoms with Crippen molar-refractivity contribution >= 4 is 17.5 Å². The van der Waals surface area contributed by atoms with Crippen molar-refractivity contribution in [2.24, 2.45) is 5.73 Å². The van der Waals surface area contributed by atoms with Crippen LogP contribution in [-0.2, 0) is 17.4 Å². The SMILES string of the molecule is Cc1ccccc1-n1ncc(C(=O)Nc2ccc(CC(N)=O)cc2)c1C(F)(F)F. The van der Waals surface area contributed by atoms with Gasteiger partial charge in [-0.1, -0.05) is 30.3 Å². The number of hydrogen-bond acceptors (Lipinski definition) is 3. The summed E-state index contributed by atoms with van der Waals surface area (Å²) in [4.78, 5) is 23.5. The summed E-state index contributed by atoms with van der Waals surface area (Å²) in [5.41, 5.74) is 5.07. The van der Waals surface area contributed by atoms with Gasteiger partial charge in [-0.3, -0.25) is 9.59 Å². The van der Waals surface area contributed by atoms with E-state index in [0.717, 1.165) is 10.9 Å². The zero-order valence-corrected chi connectivity index (χ0v) is 15.3. The van der Waals surface area contributed by atoms with Gasteiger partial charge in [-0.05, 0) is 36.2 Å². The topological polar surface area (TPSA) is 90.0 Å². The molecule has 0 aliphatic carbocycles. The van der Waals surface area contributed by atoms with Crippen LogP contribution in [0.25, 0.3) is 5.69 Å². The molecule has 2 amide bonds. The van der Waals surface area contributed by atoms with Crippen LogP contribution in [-0.4, -0.2) is 21.6 Å². The molecule has 3 aromatic rings. The highest BCUT2D eigenvalue weighted by molar-refractivity contribution is 6.05. The van der Waals surface area contributed by atoms with Crippen molar-refractivity contribution in [2.75, 3.05) is 5.32 Å². The Morgan fingerprint density at radius 2 is 1.76 bits per heavy atom. The van der Waals surface area contributed by atoms with Crippen molar-refractivity contribution in [3.63, 3.8) is 0 Å². The Labute approximate surface area is 164 Å². The van der Waals surface area contributed by atoms with E-state index in [2.05, 4.69) is 10.4 Å². The second-order valence-electron chi connectivity index (χ2n) is 6.40. The van der Waals surface area contributed by atoms with Crippen molar-refractivity contribution in [1.82, 2.24) is 9.78 Å². The number of hydrogen-bond donors (Lipinski definition) is 2. The van der Waals surface area contributed by atoms with Crippen molar-refractivity contribution in [2.45, 2.75) is 19.5 Å². The molecule has 9 heteroatoms. The molecule has 0 fully saturated rings. The Bertz CT molecular complexity index is 1060. The molecule has 1 heterocycles. The van der Waals surface area contributed by atoms with Gasteiger partial charge in [0, 0.05) is 5.69 Å². The zero-order valence-electron chi connectivity index (χ0n) is 15.3. The summed E-state index contributed by atoms with van der Waals surface area (Å²) in [6.45, 7) is 1.66. The van der Waals surface area contributed by atoms with Gasteiger partial charge in [0.25, 0.3) is 5.91 Å². The van der Waals surface area contributed by atoms with Gasteiger partial charge < -0.3 is 11.1 Å². The summed E-state index contributed by atoms with van der Waals surface area (Å²) >= 11 is 0. The number of nitrogens with two attached hydrogens (primary N) is 1. The average Bonchev–Trinajstić information content (AvgIpc) is 3.09. The minimum absolute atomic E-state index is 0.0235. The molecule has 0 radical (unpaired) electrons. The van der Waals surface area contributed by atoms with Crippen molar-refractivity contribution in [1.29, 1.82) is 0 Å². The normalized spacial score (nSPS) is 11.3. The first-order valence-electron chi connectivity index (χ1n) is 8.56. The van der Waals surface area contributed by atoms with Crippen LogP contribution in [0.1, 0.15) is 27.2 Å². The molecular weight excluding hydrogens is 385 g/mol. The molecule has 0 atom stereocenters. The van der Waals surface area contributed by atoms with Gasteiger partial charge >= 0.3 is 6.18 Å². The fraction of sp³-hybridized carbons (Fsp3) is 0.150. The van der Waals surface area contributed by atoms with Crippen LogP contribution in [0.3, 0.4) is 0 Å². The standard InChI is InChI=1S/C20H17F3N4O2/c1-12-4-2-3-5-16(12)27-18(20(21,22)23)15(11-25-27)19(29)26-14-8-6-13(7-9-14)10-17(24)28/h2-9,11H,10H2,1H3,(H2,24,28)(H,26,29). The van der Waals surface area contributed by atoms with Crippen LogP contribution >= 0.6 is 0 Å². The van der Waals surface area contributed by atoms with E-state index in [-0.39, 0.29) is 17.8 Å². The number of primary amides is 1. The number of halogens is 3. The first kappa shape index (κ1) is 20.1. The third-order valence-corrected chi connectivity index (χ3v) is 4.22. The monoisotopic (exact) mass is 402 g/mol. The number of benzene rings is 2. The molecule has 2 aromatic carbocycles. The number of carbonyl (C=O) groups excluding carboxylic acids is 2. The largest absolute Gasteiger partial charge is 0.434 e. The molecule has 0 aliphatic heterocycles. The Balaban J connectivity index is 1.93. The fourth-order valence-electron chi connectivity index (χ4n) is 2.88. The predicted molar refractivity (Wildman–Crippen MR) is 101 cm³/mol. The second kappa shape index (κ2) is 7.78. The molecule has 0 saturated heterocycles. The van der Waals surface area contributed by atoms with Gasteiger partial charge in [0.1, 0.15) is 0 Å². The molecule has 0 saturated carbocycles. The first-order chi connectivity index (χ1) is 13.7. The van der Waals surface area contributed by atoms with E-state index >= 15 is 0 Å². The number of para-hydroxylation sites is 1.